The van der Waals surface area contributed by atoms with Gasteiger partial charge in [0.1, 0.15) is 0 Å². The van der Waals surface area contributed by atoms with Crippen molar-refractivity contribution in [3.05, 3.63) is 11.6 Å². The molecule has 0 saturated carbocycles. The molecule has 0 aliphatic carbocycles. The highest BCUT2D eigenvalue weighted by Gasteiger charge is 2.24. The van der Waals surface area contributed by atoms with E-state index in [4.69, 9.17) is 4.74 Å². The zero-order valence-corrected chi connectivity index (χ0v) is 11.5. The Bertz CT molecular complexity index is 429. The average Bonchev–Trinajstić information content (AvgIpc) is 2.92. The van der Waals surface area contributed by atoms with Crippen molar-refractivity contribution >= 4 is 28.6 Å². The van der Waals surface area contributed by atoms with Crippen molar-refractivity contribution in [3.63, 3.8) is 0 Å². The molecule has 2 heterocycles. The van der Waals surface area contributed by atoms with E-state index in [-0.39, 0.29) is 12.1 Å². The van der Waals surface area contributed by atoms with Crippen LogP contribution in [-0.2, 0) is 4.74 Å². The Morgan fingerprint density at radius 2 is 2.05 bits per heavy atom. The van der Waals surface area contributed by atoms with Crippen LogP contribution in [0.25, 0.3) is 0 Å². The maximum atomic E-state index is 11.9. The summed E-state index contributed by atoms with van der Waals surface area (Å²) in [6, 6.07) is -0.182. The van der Waals surface area contributed by atoms with Gasteiger partial charge in [0.2, 0.25) is 0 Å². The zero-order chi connectivity index (χ0) is 13.7. The SMILES string of the molecule is CCOC(=O)N1CCN(C(=O)Nc2nccs2)CC1. The average molecular weight is 284 g/mol. The highest BCUT2D eigenvalue weighted by Crippen LogP contribution is 2.12. The predicted octanol–water partition coefficient (Wildman–Crippen LogP) is 1.45. The van der Waals surface area contributed by atoms with Crippen molar-refractivity contribution < 1.29 is 14.3 Å². The van der Waals surface area contributed by atoms with E-state index < -0.39 is 0 Å². The number of hydrogen-bond donors (Lipinski definition) is 1. The van der Waals surface area contributed by atoms with E-state index in [1.165, 1.54) is 11.3 Å². The summed E-state index contributed by atoms with van der Waals surface area (Å²) in [6.07, 6.45) is 1.32. The Hall–Kier alpha value is -1.83. The molecule has 0 aromatic carbocycles. The number of urea groups is 1. The minimum absolute atomic E-state index is 0.182. The molecule has 2 rings (SSSR count). The number of thiazole rings is 1. The van der Waals surface area contributed by atoms with Gasteiger partial charge in [-0.3, -0.25) is 5.32 Å². The van der Waals surface area contributed by atoms with Crippen LogP contribution in [0.15, 0.2) is 11.6 Å². The van der Waals surface area contributed by atoms with Gasteiger partial charge in [0.25, 0.3) is 0 Å². The molecule has 1 aliphatic rings. The molecule has 1 fully saturated rings. The fraction of sp³-hybridized carbons (Fsp3) is 0.545. The van der Waals surface area contributed by atoms with Gasteiger partial charge in [0.05, 0.1) is 6.61 Å². The maximum absolute atomic E-state index is 11.9. The third-order valence-corrected chi connectivity index (χ3v) is 3.43. The summed E-state index contributed by atoms with van der Waals surface area (Å²) < 4.78 is 4.92. The Labute approximate surface area is 115 Å². The summed E-state index contributed by atoms with van der Waals surface area (Å²) >= 11 is 1.37. The number of aromatic nitrogens is 1. The fourth-order valence-corrected chi connectivity index (χ4v) is 2.28. The number of carbonyl (C=O) groups excluding carboxylic acids is 2. The molecule has 1 aromatic rings. The monoisotopic (exact) mass is 284 g/mol. The lowest BCUT2D eigenvalue weighted by atomic mass is 10.3. The second-order valence-electron chi connectivity index (χ2n) is 3.94. The molecule has 0 bridgehead atoms. The number of anilines is 1. The second-order valence-corrected chi connectivity index (χ2v) is 4.83. The topological polar surface area (TPSA) is 74.8 Å². The predicted molar refractivity (Wildman–Crippen MR) is 71.3 cm³/mol. The fourth-order valence-electron chi connectivity index (χ4n) is 1.76. The molecule has 1 saturated heterocycles. The minimum atomic E-state index is -0.317. The smallest absolute Gasteiger partial charge is 0.409 e. The molecular formula is C11H16N4O3S. The van der Waals surface area contributed by atoms with Crippen LogP contribution in [0.3, 0.4) is 0 Å². The largest absolute Gasteiger partial charge is 0.450 e. The number of amides is 3. The van der Waals surface area contributed by atoms with Crippen molar-refractivity contribution in [1.29, 1.82) is 0 Å². The number of ether oxygens (including phenoxy) is 1. The lowest BCUT2D eigenvalue weighted by molar-refractivity contribution is 0.0868. The van der Waals surface area contributed by atoms with Crippen LogP contribution in [-0.4, -0.2) is 59.7 Å². The van der Waals surface area contributed by atoms with Crippen LogP contribution in [0.5, 0.6) is 0 Å². The summed E-state index contributed by atoms with van der Waals surface area (Å²) in [4.78, 5) is 30.7. The molecule has 1 aromatic heterocycles. The van der Waals surface area contributed by atoms with Gasteiger partial charge in [-0.15, -0.1) is 11.3 Å². The van der Waals surface area contributed by atoms with Gasteiger partial charge in [-0.25, -0.2) is 14.6 Å². The summed E-state index contributed by atoms with van der Waals surface area (Å²) in [6.45, 7) is 4.11. The van der Waals surface area contributed by atoms with Gasteiger partial charge >= 0.3 is 12.1 Å². The van der Waals surface area contributed by atoms with Crippen LogP contribution in [0.4, 0.5) is 14.7 Å². The molecule has 19 heavy (non-hydrogen) atoms. The Morgan fingerprint density at radius 3 is 2.63 bits per heavy atom. The third kappa shape index (κ3) is 3.57. The summed E-state index contributed by atoms with van der Waals surface area (Å²) in [5, 5.41) is 5.10. The first-order valence-electron chi connectivity index (χ1n) is 6.08. The number of piperazine rings is 1. The van der Waals surface area contributed by atoms with E-state index in [1.54, 1.807) is 28.3 Å². The van der Waals surface area contributed by atoms with Crippen molar-refractivity contribution in [1.82, 2.24) is 14.8 Å². The molecule has 1 aliphatic heterocycles. The number of nitrogens with zero attached hydrogens (tertiary/aromatic N) is 3. The molecule has 1 N–H and O–H groups in total. The number of rotatable bonds is 2. The summed E-state index contributed by atoms with van der Waals surface area (Å²) in [5.41, 5.74) is 0. The Morgan fingerprint density at radius 1 is 1.37 bits per heavy atom. The van der Waals surface area contributed by atoms with E-state index in [0.717, 1.165) is 0 Å². The lowest BCUT2D eigenvalue weighted by Crippen LogP contribution is -2.51. The number of hydrogen-bond acceptors (Lipinski definition) is 5. The van der Waals surface area contributed by atoms with E-state index in [9.17, 15) is 9.59 Å². The molecule has 0 unspecified atom stereocenters. The van der Waals surface area contributed by atoms with Crippen molar-refractivity contribution in [2.75, 3.05) is 38.1 Å². The highest BCUT2D eigenvalue weighted by atomic mass is 32.1. The van der Waals surface area contributed by atoms with E-state index >= 15 is 0 Å². The van der Waals surface area contributed by atoms with Gasteiger partial charge in [0.15, 0.2) is 5.13 Å². The molecular weight excluding hydrogens is 268 g/mol. The van der Waals surface area contributed by atoms with Gasteiger partial charge in [-0.05, 0) is 6.92 Å². The zero-order valence-electron chi connectivity index (χ0n) is 10.7. The van der Waals surface area contributed by atoms with Crippen molar-refractivity contribution in [3.8, 4) is 0 Å². The molecule has 0 spiro atoms. The van der Waals surface area contributed by atoms with Gasteiger partial charge in [0, 0.05) is 37.8 Å². The van der Waals surface area contributed by atoms with Gasteiger partial charge in [-0.1, -0.05) is 0 Å². The van der Waals surface area contributed by atoms with Gasteiger partial charge in [-0.2, -0.15) is 0 Å². The highest BCUT2D eigenvalue weighted by molar-refractivity contribution is 7.13. The first kappa shape index (κ1) is 13.6. The van der Waals surface area contributed by atoms with Crippen LogP contribution >= 0.6 is 11.3 Å². The van der Waals surface area contributed by atoms with Crippen LogP contribution < -0.4 is 5.32 Å². The minimum Gasteiger partial charge on any atom is -0.450 e. The summed E-state index contributed by atoms with van der Waals surface area (Å²) in [7, 11) is 0. The quantitative estimate of drug-likeness (QED) is 0.892. The van der Waals surface area contributed by atoms with Crippen molar-refractivity contribution in [2.45, 2.75) is 6.92 Å². The van der Waals surface area contributed by atoms with Gasteiger partial charge < -0.3 is 14.5 Å². The molecule has 8 heteroatoms. The normalized spacial score (nSPS) is 15.2. The molecule has 0 atom stereocenters. The summed E-state index contributed by atoms with van der Waals surface area (Å²) in [5.74, 6) is 0. The first-order chi connectivity index (χ1) is 9.20. The number of carbonyl (C=O) groups is 2. The number of nitrogens with one attached hydrogen (secondary N) is 1. The standard InChI is InChI=1S/C11H16N4O3S/c1-2-18-11(17)15-6-4-14(5-7-15)10(16)13-9-12-3-8-19-9/h3,8H,2,4-7H2,1H3,(H,12,13,16). The van der Waals surface area contributed by atoms with Crippen LogP contribution in [0.2, 0.25) is 0 Å². The first-order valence-corrected chi connectivity index (χ1v) is 6.95. The third-order valence-electron chi connectivity index (χ3n) is 2.74. The van der Waals surface area contributed by atoms with E-state index in [2.05, 4.69) is 10.3 Å². The molecule has 0 radical (unpaired) electrons. The Kier molecular flexibility index (Phi) is 4.56. The molecule has 3 amide bonds. The molecule has 7 nitrogen and oxygen atoms in total. The van der Waals surface area contributed by atoms with E-state index in [1.807, 2.05) is 0 Å². The van der Waals surface area contributed by atoms with Crippen molar-refractivity contribution in [2.24, 2.45) is 0 Å². The van der Waals surface area contributed by atoms with Crippen LogP contribution in [0.1, 0.15) is 6.92 Å². The van der Waals surface area contributed by atoms with E-state index in [0.29, 0.717) is 37.9 Å². The lowest BCUT2D eigenvalue weighted by Gasteiger charge is -2.33. The maximum Gasteiger partial charge on any atom is 0.409 e. The Balaban J connectivity index is 1.79. The second kappa shape index (κ2) is 6.37. The van der Waals surface area contributed by atoms with Crippen LogP contribution in [0, 0.1) is 0 Å². The molecule has 104 valence electrons.